The second kappa shape index (κ2) is 12.6. The quantitative estimate of drug-likeness (QED) is 0.524. The predicted molar refractivity (Wildman–Crippen MR) is 137 cm³/mol. The van der Waals surface area contributed by atoms with E-state index in [4.69, 9.17) is 4.74 Å². The van der Waals surface area contributed by atoms with Gasteiger partial charge in [0.1, 0.15) is 11.9 Å². The molecule has 36 heavy (non-hydrogen) atoms. The fraction of sp³-hybridized carbons (Fsp3) is 0.500. The van der Waals surface area contributed by atoms with E-state index in [2.05, 4.69) is 15.6 Å². The number of carbonyl (C=O) groups excluding carboxylic acids is 3. The summed E-state index contributed by atoms with van der Waals surface area (Å²) in [6.07, 6.45) is 7.36. The van der Waals surface area contributed by atoms with Crippen molar-refractivity contribution in [1.29, 1.82) is 0 Å². The average Bonchev–Trinajstić information content (AvgIpc) is 3.58. The summed E-state index contributed by atoms with van der Waals surface area (Å²) in [5.41, 5.74) is 1.84. The van der Waals surface area contributed by atoms with Gasteiger partial charge in [0.25, 0.3) is 0 Å². The number of nitrogens with zero attached hydrogens (tertiary/aromatic N) is 2. The van der Waals surface area contributed by atoms with Crippen LogP contribution in [0.5, 0.6) is 0 Å². The molecule has 2 fully saturated rings. The molecule has 2 aliphatic rings. The maximum Gasteiger partial charge on any atom is 0.247 e. The summed E-state index contributed by atoms with van der Waals surface area (Å²) in [5, 5.41) is 5.91. The lowest BCUT2D eigenvalue weighted by atomic mass is 10.0. The van der Waals surface area contributed by atoms with E-state index < -0.39 is 6.04 Å². The number of rotatable bonds is 10. The number of nitrogens with one attached hydrogen (secondary N) is 2. The van der Waals surface area contributed by atoms with E-state index in [1.807, 2.05) is 31.2 Å². The number of aromatic nitrogens is 1. The number of aryl methyl sites for hydroxylation is 1. The highest BCUT2D eigenvalue weighted by Gasteiger charge is 2.35. The van der Waals surface area contributed by atoms with Crippen molar-refractivity contribution >= 4 is 23.5 Å². The lowest BCUT2D eigenvalue weighted by Gasteiger charge is -2.34. The van der Waals surface area contributed by atoms with Crippen LogP contribution in [0.4, 0.5) is 5.82 Å². The number of benzene rings is 1. The molecule has 3 amide bonds. The molecule has 8 heteroatoms. The van der Waals surface area contributed by atoms with Crippen LogP contribution in [0.3, 0.4) is 0 Å². The largest absolute Gasteiger partial charge is 0.376 e. The third-order valence-electron chi connectivity index (χ3n) is 6.90. The van der Waals surface area contributed by atoms with E-state index in [1.54, 1.807) is 29.3 Å². The molecule has 0 unspecified atom stereocenters. The molecule has 4 rings (SSSR count). The molecule has 192 valence electrons. The van der Waals surface area contributed by atoms with Crippen LogP contribution < -0.4 is 10.6 Å². The van der Waals surface area contributed by atoms with Gasteiger partial charge < -0.3 is 20.3 Å². The van der Waals surface area contributed by atoms with Gasteiger partial charge in [0.15, 0.2) is 0 Å². The SMILES string of the molecule is Cc1ccc([C@H](C(=O)NC2CCCC2)N(C[C@H]2CCCO2)C(=O)CCC(=O)Nc2ccccn2)cc1. The third kappa shape index (κ3) is 7.13. The molecule has 0 spiro atoms. The van der Waals surface area contributed by atoms with Crippen LogP contribution in [0, 0.1) is 6.92 Å². The van der Waals surface area contributed by atoms with Crippen LogP contribution in [0.1, 0.15) is 68.5 Å². The van der Waals surface area contributed by atoms with E-state index >= 15 is 0 Å². The Morgan fingerprint density at radius 3 is 2.47 bits per heavy atom. The van der Waals surface area contributed by atoms with Crippen LogP contribution in [-0.2, 0) is 19.1 Å². The van der Waals surface area contributed by atoms with Gasteiger partial charge in [-0.25, -0.2) is 4.98 Å². The Bertz CT molecular complexity index is 1020. The molecule has 1 aromatic carbocycles. The minimum Gasteiger partial charge on any atom is -0.376 e. The Labute approximate surface area is 212 Å². The number of hydrogen-bond donors (Lipinski definition) is 2. The summed E-state index contributed by atoms with van der Waals surface area (Å²) in [5.74, 6) is -0.259. The standard InChI is InChI=1S/C28H36N4O4/c1-20-11-13-21(14-12-20)27(28(35)30-22-7-2-3-8-22)32(19-23-9-6-18-36-23)26(34)16-15-25(33)31-24-10-4-5-17-29-24/h4-5,10-14,17,22-23,27H,2-3,6-9,15-16,18-19H2,1H3,(H,30,35)(H,29,31,33)/t23-,27-/m1/s1. The number of ether oxygens (including phenoxy) is 1. The Morgan fingerprint density at radius 2 is 1.81 bits per heavy atom. The predicted octanol–water partition coefficient (Wildman–Crippen LogP) is 3.92. The monoisotopic (exact) mass is 492 g/mol. The molecule has 2 N–H and O–H groups in total. The summed E-state index contributed by atoms with van der Waals surface area (Å²) in [6, 6.07) is 12.4. The summed E-state index contributed by atoms with van der Waals surface area (Å²) in [6.45, 7) is 2.97. The van der Waals surface area contributed by atoms with Gasteiger partial charge in [0.2, 0.25) is 17.7 Å². The van der Waals surface area contributed by atoms with Crippen molar-refractivity contribution in [3.8, 4) is 0 Å². The van der Waals surface area contributed by atoms with Gasteiger partial charge in [-0.2, -0.15) is 0 Å². The van der Waals surface area contributed by atoms with Crippen LogP contribution in [-0.4, -0.2) is 52.9 Å². The Hall–Kier alpha value is -3.26. The molecule has 1 saturated carbocycles. The maximum atomic E-state index is 13.7. The minimum atomic E-state index is -0.776. The molecule has 1 saturated heterocycles. The zero-order valence-electron chi connectivity index (χ0n) is 20.9. The topological polar surface area (TPSA) is 101 Å². The number of amides is 3. The summed E-state index contributed by atoms with van der Waals surface area (Å²) >= 11 is 0. The average molecular weight is 493 g/mol. The molecule has 2 atom stereocenters. The second-order valence-electron chi connectivity index (χ2n) is 9.75. The van der Waals surface area contributed by atoms with Crippen molar-refractivity contribution in [2.75, 3.05) is 18.5 Å². The Kier molecular flexibility index (Phi) is 9.06. The zero-order chi connectivity index (χ0) is 25.3. The Morgan fingerprint density at radius 1 is 1.03 bits per heavy atom. The van der Waals surface area contributed by atoms with Crippen LogP contribution in [0.2, 0.25) is 0 Å². The number of hydrogen-bond acceptors (Lipinski definition) is 5. The summed E-state index contributed by atoms with van der Waals surface area (Å²) in [7, 11) is 0. The normalized spacial score (nSPS) is 18.5. The molecule has 2 aromatic rings. The second-order valence-corrected chi connectivity index (χ2v) is 9.75. The van der Waals surface area contributed by atoms with E-state index in [0.29, 0.717) is 19.0 Å². The minimum absolute atomic E-state index is 0.00228. The summed E-state index contributed by atoms with van der Waals surface area (Å²) in [4.78, 5) is 45.5. The maximum absolute atomic E-state index is 13.7. The van der Waals surface area contributed by atoms with Gasteiger partial charge in [-0.05, 0) is 50.3 Å². The number of anilines is 1. The van der Waals surface area contributed by atoms with Crippen molar-refractivity contribution in [2.45, 2.75) is 76.5 Å². The van der Waals surface area contributed by atoms with Gasteiger partial charge in [-0.3, -0.25) is 14.4 Å². The van der Waals surface area contributed by atoms with E-state index in [1.165, 1.54) is 0 Å². The van der Waals surface area contributed by atoms with Crippen LogP contribution in [0.15, 0.2) is 48.7 Å². The smallest absolute Gasteiger partial charge is 0.247 e. The van der Waals surface area contributed by atoms with E-state index in [9.17, 15) is 14.4 Å². The Balaban J connectivity index is 1.53. The molecule has 1 aromatic heterocycles. The lowest BCUT2D eigenvalue weighted by Crippen LogP contribution is -2.48. The van der Waals surface area contributed by atoms with Crippen molar-refractivity contribution in [3.63, 3.8) is 0 Å². The van der Waals surface area contributed by atoms with Gasteiger partial charge in [0, 0.05) is 38.2 Å². The first-order valence-electron chi connectivity index (χ1n) is 13.0. The molecule has 0 bridgehead atoms. The number of pyridine rings is 1. The van der Waals surface area contributed by atoms with Crippen molar-refractivity contribution in [3.05, 3.63) is 59.8 Å². The van der Waals surface area contributed by atoms with Gasteiger partial charge >= 0.3 is 0 Å². The van der Waals surface area contributed by atoms with Gasteiger partial charge in [-0.15, -0.1) is 0 Å². The first kappa shape index (κ1) is 25.8. The van der Waals surface area contributed by atoms with Crippen molar-refractivity contribution < 1.29 is 19.1 Å². The lowest BCUT2D eigenvalue weighted by molar-refractivity contribution is -0.143. The highest BCUT2D eigenvalue weighted by atomic mass is 16.5. The molecular weight excluding hydrogens is 456 g/mol. The van der Waals surface area contributed by atoms with E-state index in [-0.39, 0.29) is 42.7 Å². The third-order valence-corrected chi connectivity index (χ3v) is 6.90. The summed E-state index contributed by atoms with van der Waals surface area (Å²) < 4.78 is 5.84. The molecule has 2 heterocycles. The van der Waals surface area contributed by atoms with Crippen LogP contribution in [0.25, 0.3) is 0 Å². The van der Waals surface area contributed by atoms with Gasteiger partial charge in [0.05, 0.1) is 6.10 Å². The fourth-order valence-electron chi connectivity index (χ4n) is 4.94. The van der Waals surface area contributed by atoms with Crippen molar-refractivity contribution in [1.82, 2.24) is 15.2 Å². The first-order chi connectivity index (χ1) is 17.5. The van der Waals surface area contributed by atoms with Gasteiger partial charge in [-0.1, -0.05) is 48.7 Å². The highest BCUT2D eigenvalue weighted by Crippen LogP contribution is 2.27. The number of carbonyl (C=O) groups is 3. The van der Waals surface area contributed by atoms with E-state index in [0.717, 1.165) is 49.7 Å². The molecular formula is C28H36N4O4. The first-order valence-corrected chi connectivity index (χ1v) is 13.0. The fourth-order valence-corrected chi connectivity index (χ4v) is 4.94. The molecule has 1 aliphatic carbocycles. The molecule has 1 aliphatic heterocycles. The van der Waals surface area contributed by atoms with Crippen LogP contribution >= 0.6 is 0 Å². The molecule has 0 radical (unpaired) electrons. The van der Waals surface area contributed by atoms with Crippen molar-refractivity contribution in [2.24, 2.45) is 0 Å². The zero-order valence-corrected chi connectivity index (χ0v) is 20.9. The molecule has 8 nitrogen and oxygen atoms in total. The highest BCUT2D eigenvalue weighted by molar-refractivity contribution is 5.94.